The zero-order valence-corrected chi connectivity index (χ0v) is 8.22. The Labute approximate surface area is 80.4 Å². The largest absolute Gasteiger partial charge is 0.481 e. The number of hydrogen-bond acceptors (Lipinski definition) is 3. The van der Waals surface area contributed by atoms with Crippen molar-refractivity contribution in [1.82, 2.24) is 5.32 Å². The van der Waals surface area contributed by atoms with Crippen LogP contribution in [0.1, 0.15) is 13.8 Å². The summed E-state index contributed by atoms with van der Waals surface area (Å²) in [6.07, 6.45) is 1.59. The Morgan fingerprint density at radius 2 is 2.23 bits per heavy atom. The Morgan fingerprint density at radius 3 is 2.69 bits per heavy atom. The summed E-state index contributed by atoms with van der Waals surface area (Å²) in [5, 5.41) is 13.2. The van der Waals surface area contributed by atoms with Crippen LogP contribution < -0.4 is 5.32 Å². The molecule has 1 rings (SSSR count). The van der Waals surface area contributed by atoms with Crippen molar-refractivity contribution >= 4 is 23.6 Å². The summed E-state index contributed by atoms with van der Waals surface area (Å²) in [7, 11) is 0. The summed E-state index contributed by atoms with van der Waals surface area (Å²) >= 11 is 1.32. The van der Waals surface area contributed by atoms with Gasteiger partial charge in [-0.2, -0.15) is 0 Å². The fraction of sp³-hybridized carbons (Fsp3) is 0.500. The number of carbonyl (C=O) groups excluding carboxylic acids is 1. The van der Waals surface area contributed by atoms with Crippen molar-refractivity contribution in [3.8, 4) is 0 Å². The molecule has 0 aromatic rings. The first-order valence-corrected chi connectivity index (χ1v) is 4.70. The van der Waals surface area contributed by atoms with Gasteiger partial charge in [-0.05, 0) is 12.3 Å². The molecule has 0 fully saturated rings. The van der Waals surface area contributed by atoms with Crippen LogP contribution in [0.25, 0.3) is 0 Å². The highest BCUT2D eigenvalue weighted by Crippen LogP contribution is 2.38. The second-order valence-corrected chi connectivity index (χ2v) is 4.41. The van der Waals surface area contributed by atoms with Crippen molar-refractivity contribution in [2.45, 2.75) is 18.7 Å². The van der Waals surface area contributed by atoms with E-state index in [1.54, 1.807) is 18.4 Å². The predicted octanol–water partition coefficient (Wildman–Crippen LogP) is 0.800. The zero-order chi connectivity index (χ0) is 10.1. The molecule has 72 valence electrons. The summed E-state index contributed by atoms with van der Waals surface area (Å²) in [4.78, 5) is 20.9. The van der Waals surface area contributed by atoms with Crippen LogP contribution in [0.5, 0.6) is 0 Å². The average Bonchev–Trinajstić information content (AvgIpc) is 2.28. The smallest absolute Gasteiger partial charge is 0.313 e. The van der Waals surface area contributed by atoms with Crippen LogP contribution in [0, 0.1) is 5.92 Å². The van der Waals surface area contributed by atoms with E-state index in [-0.39, 0.29) is 5.91 Å². The Morgan fingerprint density at radius 1 is 1.62 bits per heavy atom. The monoisotopic (exact) mass is 201 g/mol. The van der Waals surface area contributed by atoms with Crippen molar-refractivity contribution in [2.24, 2.45) is 5.92 Å². The molecule has 0 aliphatic carbocycles. The van der Waals surface area contributed by atoms with E-state index in [1.807, 2.05) is 0 Å². The van der Waals surface area contributed by atoms with E-state index < -0.39 is 16.8 Å². The number of hydrogen-bond donors (Lipinski definition) is 2. The third-order valence-corrected chi connectivity index (χ3v) is 3.01. The fourth-order valence-electron chi connectivity index (χ4n) is 1.29. The number of carboxylic acid groups (broad SMARTS) is 1. The molecule has 0 spiro atoms. The summed E-state index contributed by atoms with van der Waals surface area (Å²) in [6, 6.07) is 0. The second kappa shape index (κ2) is 3.41. The van der Waals surface area contributed by atoms with Gasteiger partial charge in [-0.15, -0.1) is 11.8 Å². The van der Waals surface area contributed by atoms with Gasteiger partial charge in [0.15, 0.2) is 0 Å². The van der Waals surface area contributed by atoms with Crippen molar-refractivity contribution < 1.29 is 14.7 Å². The van der Waals surface area contributed by atoms with E-state index >= 15 is 0 Å². The first-order chi connectivity index (χ1) is 5.96. The molecule has 1 aliphatic heterocycles. The van der Waals surface area contributed by atoms with Crippen molar-refractivity contribution in [1.29, 1.82) is 0 Å². The first kappa shape index (κ1) is 10.1. The Kier molecular flexibility index (Phi) is 2.66. The summed E-state index contributed by atoms with van der Waals surface area (Å²) in [5.41, 5.74) is 0. The van der Waals surface area contributed by atoms with Gasteiger partial charge < -0.3 is 10.4 Å². The van der Waals surface area contributed by atoms with Crippen LogP contribution in [0.2, 0.25) is 0 Å². The minimum atomic E-state index is -0.919. The number of carbonyl (C=O) groups is 2. The molecule has 1 aliphatic rings. The topological polar surface area (TPSA) is 66.4 Å². The highest BCUT2D eigenvalue weighted by atomic mass is 32.2. The van der Waals surface area contributed by atoms with Gasteiger partial charge in [0, 0.05) is 6.92 Å². The van der Waals surface area contributed by atoms with Gasteiger partial charge in [0.1, 0.15) is 10.8 Å². The molecule has 0 aromatic carbocycles. The second-order valence-electron chi connectivity index (χ2n) is 3.05. The number of amides is 1. The first-order valence-electron chi connectivity index (χ1n) is 3.82. The maximum atomic E-state index is 10.8. The lowest BCUT2D eigenvalue weighted by molar-refractivity contribution is -0.141. The van der Waals surface area contributed by atoms with E-state index in [2.05, 4.69) is 5.32 Å². The Balaban J connectivity index is 2.79. The molecular formula is C8H11NO3S. The number of nitrogens with one attached hydrogen (secondary N) is 1. The van der Waals surface area contributed by atoms with Gasteiger partial charge in [-0.25, -0.2) is 0 Å². The zero-order valence-electron chi connectivity index (χ0n) is 7.40. The molecule has 13 heavy (non-hydrogen) atoms. The average molecular weight is 201 g/mol. The highest BCUT2D eigenvalue weighted by molar-refractivity contribution is 8.03. The molecular weight excluding hydrogens is 190 g/mol. The van der Waals surface area contributed by atoms with Crippen LogP contribution in [0.4, 0.5) is 0 Å². The molecule has 5 heteroatoms. The summed E-state index contributed by atoms with van der Waals surface area (Å²) < 4.78 is 0. The van der Waals surface area contributed by atoms with E-state index in [1.165, 1.54) is 18.7 Å². The standard InChI is InChI=1S/C8H11NO3S/c1-5(10)9-8(2)6(7(11)12)3-4-13-8/h3-4,6H,1-2H3,(H,9,10)(H,11,12). The number of thioether (sulfide) groups is 1. The minimum absolute atomic E-state index is 0.218. The van der Waals surface area contributed by atoms with Crippen LogP contribution >= 0.6 is 11.8 Å². The van der Waals surface area contributed by atoms with E-state index in [0.717, 1.165) is 0 Å². The lowest BCUT2D eigenvalue weighted by Crippen LogP contribution is -2.48. The molecule has 2 unspecified atom stereocenters. The summed E-state index contributed by atoms with van der Waals surface area (Å²) in [5.74, 6) is -1.79. The Hall–Kier alpha value is -0.970. The fourth-order valence-corrected chi connectivity index (χ4v) is 2.34. The molecule has 2 N–H and O–H groups in total. The van der Waals surface area contributed by atoms with E-state index in [4.69, 9.17) is 5.11 Å². The number of rotatable bonds is 2. The SMILES string of the molecule is CC(=O)NC1(C)SC=CC1C(=O)O. The molecule has 1 amide bonds. The molecule has 0 radical (unpaired) electrons. The van der Waals surface area contributed by atoms with E-state index in [0.29, 0.717) is 0 Å². The minimum Gasteiger partial charge on any atom is -0.481 e. The molecule has 2 atom stereocenters. The van der Waals surface area contributed by atoms with Gasteiger partial charge in [0.2, 0.25) is 5.91 Å². The maximum absolute atomic E-state index is 10.8. The van der Waals surface area contributed by atoms with Crippen LogP contribution in [0.3, 0.4) is 0 Å². The Bertz CT molecular complexity index is 277. The molecule has 0 saturated carbocycles. The third-order valence-electron chi connectivity index (χ3n) is 1.87. The van der Waals surface area contributed by atoms with Gasteiger partial charge >= 0.3 is 5.97 Å². The molecule has 0 aromatic heterocycles. The van der Waals surface area contributed by atoms with Crippen molar-refractivity contribution in [3.63, 3.8) is 0 Å². The lowest BCUT2D eigenvalue weighted by Gasteiger charge is -2.28. The normalized spacial score (nSPS) is 31.7. The van der Waals surface area contributed by atoms with Crippen LogP contribution in [0.15, 0.2) is 11.5 Å². The molecule has 4 nitrogen and oxygen atoms in total. The maximum Gasteiger partial charge on any atom is 0.313 e. The lowest BCUT2D eigenvalue weighted by atomic mass is 10.0. The van der Waals surface area contributed by atoms with Crippen LogP contribution in [-0.2, 0) is 9.59 Å². The van der Waals surface area contributed by atoms with Gasteiger partial charge in [-0.3, -0.25) is 9.59 Å². The van der Waals surface area contributed by atoms with Crippen molar-refractivity contribution in [3.05, 3.63) is 11.5 Å². The molecule has 0 bridgehead atoms. The predicted molar refractivity (Wildman–Crippen MR) is 50.1 cm³/mol. The van der Waals surface area contributed by atoms with E-state index in [9.17, 15) is 9.59 Å². The van der Waals surface area contributed by atoms with Crippen molar-refractivity contribution in [2.75, 3.05) is 0 Å². The number of carboxylic acids is 1. The number of aliphatic carboxylic acids is 1. The van der Waals surface area contributed by atoms with Crippen LogP contribution in [-0.4, -0.2) is 21.9 Å². The summed E-state index contributed by atoms with van der Waals surface area (Å²) in [6.45, 7) is 3.08. The van der Waals surface area contributed by atoms with Gasteiger partial charge in [-0.1, -0.05) is 6.08 Å². The highest BCUT2D eigenvalue weighted by Gasteiger charge is 2.41. The third kappa shape index (κ3) is 2.03. The quantitative estimate of drug-likeness (QED) is 0.693. The van der Waals surface area contributed by atoms with Gasteiger partial charge in [0.25, 0.3) is 0 Å². The molecule has 1 heterocycles. The molecule has 0 saturated heterocycles. The van der Waals surface area contributed by atoms with Gasteiger partial charge in [0.05, 0.1) is 0 Å².